The second-order valence-electron chi connectivity index (χ2n) is 6.85. The van der Waals surface area contributed by atoms with Crippen LogP contribution in [0.5, 0.6) is 0 Å². The Morgan fingerprint density at radius 2 is 1.88 bits per heavy atom. The van der Waals surface area contributed by atoms with Crippen LogP contribution in [-0.4, -0.2) is 43.6 Å². The Morgan fingerprint density at radius 3 is 2.75 bits per heavy atom. The molecule has 2 atom stereocenters. The molecule has 2 fully saturated rings. The minimum atomic E-state index is 0.128. The monoisotopic (exact) mass is 325 g/mol. The maximum Gasteiger partial charge on any atom is 0.246 e. The Kier molecular flexibility index (Phi) is 4.28. The molecule has 1 aromatic heterocycles. The average Bonchev–Trinajstić information content (AvgIpc) is 3.10. The maximum absolute atomic E-state index is 12.8. The summed E-state index contributed by atoms with van der Waals surface area (Å²) in [5, 5.41) is 12.5. The molecule has 6 nitrogen and oxygen atoms in total. The van der Waals surface area contributed by atoms with E-state index in [1.807, 2.05) is 30.3 Å². The maximum atomic E-state index is 12.8. The number of likely N-dealkylation sites (tertiary alicyclic amines) is 1. The summed E-state index contributed by atoms with van der Waals surface area (Å²) in [6.07, 6.45) is 7.37. The van der Waals surface area contributed by atoms with Crippen LogP contribution in [0.1, 0.15) is 38.5 Å². The van der Waals surface area contributed by atoms with E-state index in [9.17, 15) is 4.79 Å². The van der Waals surface area contributed by atoms with Crippen molar-refractivity contribution in [3.63, 3.8) is 0 Å². The zero-order valence-corrected chi connectivity index (χ0v) is 13.8. The molecule has 0 radical (unpaired) electrons. The quantitative estimate of drug-likeness (QED) is 0.870. The predicted molar refractivity (Wildman–Crippen MR) is 89.9 cm³/mol. The van der Waals surface area contributed by atoms with E-state index in [1.54, 1.807) is 0 Å². The van der Waals surface area contributed by atoms with E-state index in [0.29, 0.717) is 17.8 Å². The highest BCUT2D eigenvalue weighted by Crippen LogP contribution is 2.35. The normalized spacial score (nSPS) is 23.8. The van der Waals surface area contributed by atoms with Gasteiger partial charge < -0.3 is 4.90 Å². The molecule has 2 heterocycles. The van der Waals surface area contributed by atoms with Crippen LogP contribution in [0.25, 0.3) is 11.4 Å². The number of tetrazole rings is 1. The van der Waals surface area contributed by atoms with E-state index >= 15 is 0 Å². The standard InChI is InChI=1S/C18H23N5O/c24-17(22-12-6-10-14-7-4-5-11-16(14)22)13-23-20-18(19-21-23)15-8-2-1-3-9-15/h1-3,8-9,14,16H,4-7,10-13H2. The molecule has 24 heavy (non-hydrogen) atoms. The number of aromatic nitrogens is 4. The van der Waals surface area contributed by atoms with Gasteiger partial charge in [0.2, 0.25) is 11.7 Å². The highest BCUT2D eigenvalue weighted by Gasteiger charge is 2.35. The van der Waals surface area contributed by atoms with Crippen molar-refractivity contribution >= 4 is 5.91 Å². The molecule has 1 saturated heterocycles. The minimum absolute atomic E-state index is 0.128. The van der Waals surface area contributed by atoms with Gasteiger partial charge >= 0.3 is 0 Å². The summed E-state index contributed by atoms with van der Waals surface area (Å²) in [6.45, 7) is 1.06. The molecule has 6 heteroatoms. The molecular formula is C18H23N5O. The lowest BCUT2D eigenvalue weighted by atomic mass is 9.78. The van der Waals surface area contributed by atoms with Gasteiger partial charge in [-0.15, -0.1) is 10.2 Å². The molecule has 1 amide bonds. The lowest BCUT2D eigenvalue weighted by Gasteiger charge is -2.44. The van der Waals surface area contributed by atoms with Crippen molar-refractivity contribution in [1.29, 1.82) is 0 Å². The van der Waals surface area contributed by atoms with Gasteiger partial charge in [0.15, 0.2) is 0 Å². The van der Waals surface area contributed by atoms with Crippen LogP contribution in [0.4, 0.5) is 0 Å². The Labute approximate surface area is 141 Å². The number of fused-ring (bicyclic) bond motifs is 1. The Balaban J connectivity index is 1.45. The molecule has 0 spiro atoms. The van der Waals surface area contributed by atoms with Crippen molar-refractivity contribution < 1.29 is 4.79 Å². The molecule has 1 aliphatic carbocycles. The molecule has 126 valence electrons. The third-order valence-electron chi connectivity index (χ3n) is 5.33. The van der Waals surface area contributed by atoms with Crippen molar-refractivity contribution in [3.05, 3.63) is 30.3 Å². The third-order valence-corrected chi connectivity index (χ3v) is 5.33. The number of benzene rings is 1. The van der Waals surface area contributed by atoms with Gasteiger partial charge in [0.05, 0.1) is 0 Å². The Morgan fingerprint density at radius 1 is 1.08 bits per heavy atom. The number of nitrogens with zero attached hydrogens (tertiary/aromatic N) is 5. The lowest BCUT2D eigenvalue weighted by Crippen LogP contribution is -2.50. The lowest BCUT2D eigenvalue weighted by molar-refractivity contribution is -0.138. The number of rotatable bonds is 3. The molecular weight excluding hydrogens is 302 g/mol. The van der Waals surface area contributed by atoms with Crippen molar-refractivity contribution in [3.8, 4) is 11.4 Å². The first kappa shape index (κ1) is 15.3. The van der Waals surface area contributed by atoms with E-state index in [4.69, 9.17) is 0 Å². The van der Waals surface area contributed by atoms with Gasteiger partial charge in [-0.05, 0) is 36.8 Å². The van der Waals surface area contributed by atoms with Gasteiger partial charge in [-0.3, -0.25) is 4.79 Å². The zero-order chi connectivity index (χ0) is 16.4. The Hall–Kier alpha value is -2.24. The summed E-state index contributed by atoms with van der Waals surface area (Å²) in [7, 11) is 0. The molecule has 2 aliphatic rings. The van der Waals surface area contributed by atoms with Crippen molar-refractivity contribution in [2.24, 2.45) is 5.92 Å². The van der Waals surface area contributed by atoms with E-state index < -0.39 is 0 Å². The van der Waals surface area contributed by atoms with Crippen LogP contribution in [-0.2, 0) is 11.3 Å². The van der Waals surface area contributed by atoms with Crippen LogP contribution in [0, 0.1) is 5.92 Å². The first-order chi connectivity index (χ1) is 11.8. The van der Waals surface area contributed by atoms with E-state index in [2.05, 4.69) is 20.3 Å². The van der Waals surface area contributed by atoms with Crippen LogP contribution >= 0.6 is 0 Å². The molecule has 4 rings (SSSR count). The van der Waals surface area contributed by atoms with Crippen LogP contribution < -0.4 is 0 Å². The minimum Gasteiger partial charge on any atom is -0.338 e. The topological polar surface area (TPSA) is 63.9 Å². The fraction of sp³-hybridized carbons (Fsp3) is 0.556. The molecule has 1 saturated carbocycles. The molecule has 0 bridgehead atoms. The second-order valence-corrected chi connectivity index (χ2v) is 6.85. The molecule has 1 aliphatic heterocycles. The summed E-state index contributed by atoms with van der Waals surface area (Å²) in [4.78, 5) is 16.3. The van der Waals surface area contributed by atoms with Crippen molar-refractivity contribution in [2.75, 3.05) is 6.54 Å². The smallest absolute Gasteiger partial charge is 0.246 e. The number of carbonyl (C=O) groups is 1. The SMILES string of the molecule is O=C(Cn1nnc(-c2ccccc2)n1)N1CCCC2CCCCC21. The Bertz CT molecular complexity index is 696. The van der Waals surface area contributed by atoms with Gasteiger partial charge in [0.25, 0.3) is 0 Å². The van der Waals surface area contributed by atoms with Gasteiger partial charge in [-0.25, -0.2) is 0 Å². The van der Waals surface area contributed by atoms with Crippen molar-refractivity contribution in [1.82, 2.24) is 25.1 Å². The highest BCUT2D eigenvalue weighted by atomic mass is 16.2. The largest absolute Gasteiger partial charge is 0.338 e. The second kappa shape index (κ2) is 6.71. The molecule has 2 aromatic rings. The number of carbonyl (C=O) groups excluding carboxylic acids is 1. The fourth-order valence-corrected chi connectivity index (χ4v) is 4.16. The predicted octanol–water partition coefficient (Wildman–Crippen LogP) is 2.52. The first-order valence-electron chi connectivity index (χ1n) is 8.94. The van der Waals surface area contributed by atoms with Gasteiger partial charge in [-0.2, -0.15) is 4.80 Å². The van der Waals surface area contributed by atoms with E-state index in [-0.39, 0.29) is 12.5 Å². The summed E-state index contributed by atoms with van der Waals surface area (Å²) in [5.74, 6) is 1.39. The number of hydrogen-bond donors (Lipinski definition) is 0. The molecule has 1 aromatic carbocycles. The van der Waals surface area contributed by atoms with Crippen LogP contribution in [0.3, 0.4) is 0 Å². The number of hydrogen-bond acceptors (Lipinski definition) is 4. The van der Waals surface area contributed by atoms with E-state index in [0.717, 1.165) is 24.9 Å². The van der Waals surface area contributed by atoms with Crippen LogP contribution in [0.2, 0.25) is 0 Å². The third kappa shape index (κ3) is 3.05. The number of piperidine rings is 1. The first-order valence-corrected chi connectivity index (χ1v) is 8.94. The van der Waals surface area contributed by atoms with Crippen LogP contribution in [0.15, 0.2) is 30.3 Å². The van der Waals surface area contributed by atoms with Gasteiger partial charge in [0.1, 0.15) is 6.54 Å². The average molecular weight is 325 g/mol. The molecule has 0 N–H and O–H groups in total. The van der Waals surface area contributed by atoms with Gasteiger partial charge in [0, 0.05) is 18.2 Å². The highest BCUT2D eigenvalue weighted by molar-refractivity contribution is 5.76. The van der Waals surface area contributed by atoms with Crippen molar-refractivity contribution in [2.45, 2.75) is 51.1 Å². The zero-order valence-electron chi connectivity index (χ0n) is 13.8. The van der Waals surface area contributed by atoms with Gasteiger partial charge in [-0.1, -0.05) is 43.2 Å². The fourth-order valence-electron chi connectivity index (χ4n) is 4.16. The summed E-state index contributed by atoms with van der Waals surface area (Å²) in [5.41, 5.74) is 0.918. The van der Waals surface area contributed by atoms with E-state index in [1.165, 1.54) is 30.5 Å². The summed E-state index contributed by atoms with van der Waals surface area (Å²) < 4.78 is 0. The number of amides is 1. The summed E-state index contributed by atoms with van der Waals surface area (Å²) in [6, 6.07) is 10.2. The summed E-state index contributed by atoms with van der Waals surface area (Å²) >= 11 is 0. The molecule has 2 unspecified atom stereocenters.